The number of hydrogen-bond donors (Lipinski definition) is 1. The van der Waals surface area contributed by atoms with Gasteiger partial charge in [-0.25, -0.2) is 14.0 Å². The molecule has 3 heterocycles. The number of thioether (sulfide) groups is 1. The van der Waals surface area contributed by atoms with Crippen LogP contribution in [0.1, 0.15) is 5.89 Å². The van der Waals surface area contributed by atoms with Gasteiger partial charge in [-0.2, -0.15) is 10.1 Å². The molecule has 172 valence electrons. The fraction of sp³-hybridized carbons (Fsp3) is 0.136. The van der Waals surface area contributed by atoms with Crippen LogP contribution in [0.4, 0.5) is 4.39 Å². The average molecular weight is 480 g/mol. The molecule has 10 nitrogen and oxygen atoms in total. The number of aromatic nitrogens is 6. The summed E-state index contributed by atoms with van der Waals surface area (Å²) in [6.07, 6.45) is 0. The minimum absolute atomic E-state index is 0.286. The first-order valence-electron chi connectivity index (χ1n) is 9.98. The van der Waals surface area contributed by atoms with Crippen LogP contribution in [-0.4, -0.2) is 44.2 Å². The summed E-state index contributed by atoms with van der Waals surface area (Å²) in [6.45, 7) is 0. The Kier molecular flexibility index (Phi) is 5.72. The minimum atomic E-state index is -0.375. The lowest BCUT2D eigenvalue weighted by Gasteiger charge is -2.08. The van der Waals surface area contributed by atoms with Crippen molar-refractivity contribution in [3.05, 3.63) is 70.6 Å². The molecule has 0 unspecified atom stereocenters. The lowest BCUT2D eigenvalue weighted by Crippen LogP contribution is -2.13. The van der Waals surface area contributed by atoms with E-state index in [0.717, 1.165) is 5.56 Å². The molecule has 0 atom stereocenters. The molecular formula is C22H17FN6O4S. The van der Waals surface area contributed by atoms with Crippen molar-refractivity contribution in [3.8, 4) is 34.1 Å². The van der Waals surface area contributed by atoms with Gasteiger partial charge < -0.3 is 14.0 Å². The molecule has 2 aromatic carbocycles. The molecule has 0 aliphatic heterocycles. The molecule has 34 heavy (non-hydrogen) atoms. The summed E-state index contributed by atoms with van der Waals surface area (Å²) < 4.78 is 30.5. The van der Waals surface area contributed by atoms with E-state index in [-0.39, 0.29) is 17.1 Å². The van der Waals surface area contributed by atoms with E-state index in [1.54, 1.807) is 44.6 Å². The molecule has 12 heteroatoms. The molecule has 0 saturated carbocycles. The highest BCUT2D eigenvalue weighted by Gasteiger charge is 2.16. The maximum atomic E-state index is 13.1. The van der Waals surface area contributed by atoms with Gasteiger partial charge in [0, 0.05) is 11.1 Å². The smallest absolute Gasteiger partial charge is 0.290 e. The van der Waals surface area contributed by atoms with Crippen LogP contribution in [0.25, 0.3) is 28.2 Å². The molecule has 0 radical (unpaired) electrons. The number of fused-ring (bicyclic) bond motifs is 1. The van der Waals surface area contributed by atoms with E-state index >= 15 is 0 Å². The van der Waals surface area contributed by atoms with Crippen molar-refractivity contribution in [2.24, 2.45) is 0 Å². The monoisotopic (exact) mass is 480 g/mol. The van der Waals surface area contributed by atoms with Gasteiger partial charge in [-0.15, -0.1) is 5.10 Å². The zero-order chi connectivity index (χ0) is 23.7. The van der Waals surface area contributed by atoms with Gasteiger partial charge in [0.05, 0.1) is 25.7 Å². The first-order chi connectivity index (χ1) is 16.6. The summed E-state index contributed by atoms with van der Waals surface area (Å²) in [6, 6.07) is 12.9. The van der Waals surface area contributed by atoms with Gasteiger partial charge in [-0.3, -0.25) is 4.79 Å². The van der Waals surface area contributed by atoms with Gasteiger partial charge in [0.1, 0.15) is 11.3 Å². The van der Waals surface area contributed by atoms with E-state index in [4.69, 9.17) is 14.0 Å². The van der Waals surface area contributed by atoms with Crippen LogP contribution in [0.2, 0.25) is 0 Å². The first kappa shape index (κ1) is 21.6. The predicted molar refractivity (Wildman–Crippen MR) is 121 cm³/mol. The topological polar surface area (TPSA) is 120 Å². The van der Waals surface area contributed by atoms with Gasteiger partial charge in [-0.05, 0) is 48.5 Å². The number of aromatic amines is 1. The third-order valence-electron chi connectivity index (χ3n) is 4.95. The van der Waals surface area contributed by atoms with E-state index < -0.39 is 0 Å². The Morgan fingerprint density at radius 1 is 1.06 bits per heavy atom. The maximum absolute atomic E-state index is 13.1. The number of halogens is 1. The molecule has 1 N–H and O–H groups in total. The Morgan fingerprint density at radius 2 is 1.82 bits per heavy atom. The number of hydrogen-bond acceptors (Lipinski definition) is 9. The molecule has 5 aromatic rings. The number of benzene rings is 2. The standard InChI is InChI=1S/C22H17FN6O4S/c1-31-17-8-5-13(9-18(17)32-2)15-10-16-21(30)25-26-22(29(16)27-15)34-11-19-24-20(28-33-19)12-3-6-14(23)7-4-12/h3-10H,11H2,1-2H3,(H,25,30). The van der Waals surface area contributed by atoms with Crippen molar-refractivity contribution in [2.45, 2.75) is 10.9 Å². The van der Waals surface area contributed by atoms with Crippen molar-refractivity contribution < 1.29 is 18.4 Å². The summed E-state index contributed by atoms with van der Waals surface area (Å²) >= 11 is 1.26. The number of nitrogens with one attached hydrogen (secondary N) is 1. The Labute approximate surface area is 195 Å². The van der Waals surface area contributed by atoms with E-state index in [2.05, 4.69) is 25.4 Å². The van der Waals surface area contributed by atoms with Gasteiger partial charge in [0.2, 0.25) is 16.9 Å². The number of H-pyrrole nitrogens is 1. The van der Waals surface area contributed by atoms with Crippen molar-refractivity contribution in [2.75, 3.05) is 14.2 Å². The number of ether oxygens (including phenoxy) is 2. The van der Waals surface area contributed by atoms with Crippen LogP contribution in [0.3, 0.4) is 0 Å². The Balaban J connectivity index is 1.42. The molecule has 0 fully saturated rings. The van der Waals surface area contributed by atoms with Crippen LogP contribution in [0.5, 0.6) is 11.5 Å². The zero-order valence-corrected chi connectivity index (χ0v) is 18.8. The van der Waals surface area contributed by atoms with Crippen LogP contribution in [0, 0.1) is 5.82 Å². The second-order valence-electron chi connectivity index (χ2n) is 7.04. The van der Waals surface area contributed by atoms with Crippen molar-refractivity contribution >= 4 is 17.3 Å². The summed E-state index contributed by atoms with van der Waals surface area (Å²) in [4.78, 5) is 16.7. The van der Waals surface area contributed by atoms with Crippen LogP contribution in [-0.2, 0) is 5.75 Å². The number of methoxy groups -OCH3 is 2. The Bertz CT molecular complexity index is 1530. The van der Waals surface area contributed by atoms with Crippen LogP contribution in [0.15, 0.2) is 63.0 Å². The van der Waals surface area contributed by atoms with Crippen molar-refractivity contribution in [1.29, 1.82) is 0 Å². The highest BCUT2D eigenvalue weighted by Crippen LogP contribution is 2.32. The van der Waals surface area contributed by atoms with E-state index in [0.29, 0.717) is 45.1 Å². The van der Waals surface area contributed by atoms with Gasteiger partial charge in [-0.1, -0.05) is 16.9 Å². The minimum Gasteiger partial charge on any atom is -0.493 e. The van der Waals surface area contributed by atoms with E-state index in [1.807, 2.05) is 6.07 Å². The van der Waals surface area contributed by atoms with Gasteiger partial charge >= 0.3 is 0 Å². The largest absolute Gasteiger partial charge is 0.493 e. The third kappa shape index (κ3) is 4.10. The Morgan fingerprint density at radius 3 is 2.59 bits per heavy atom. The highest BCUT2D eigenvalue weighted by molar-refractivity contribution is 7.98. The van der Waals surface area contributed by atoms with Crippen LogP contribution >= 0.6 is 11.8 Å². The molecule has 5 rings (SSSR count). The summed E-state index contributed by atoms with van der Waals surface area (Å²) in [5.41, 5.74) is 1.91. The molecule has 0 amide bonds. The summed E-state index contributed by atoms with van der Waals surface area (Å²) in [5, 5.41) is 15.5. The fourth-order valence-corrected chi connectivity index (χ4v) is 4.02. The average Bonchev–Trinajstić information content (AvgIpc) is 3.52. The first-order valence-corrected chi connectivity index (χ1v) is 11.0. The second-order valence-corrected chi connectivity index (χ2v) is 7.98. The number of nitrogens with zero attached hydrogens (tertiary/aromatic N) is 5. The molecule has 0 aliphatic rings. The molecule has 0 spiro atoms. The van der Waals surface area contributed by atoms with E-state index in [1.165, 1.54) is 28.4 Å². The second kappa shape index (κ2) is 8.98. The summed E-state index contributed by atoms with van der Waals surface area (Å²) in [5.74, 6) is 1.77. The predicted octanol–water partition coefficient (Wildman–Crippen LogP) is 3.58. The maximum Gasteiger partial charge on any atom is 0.290 e. The highest BCUT2D eigenvalue weighted by atomic mass is 32.2. The SMILES string of the molecule is COc1ccc(-c2cc3c(=O)[nH]nc(SCc4nc(-c5ccc(F)cc5)no4)n3n2)cc1OC. The third-order valence-corrected chi connectivity index (χ3v) is 5.86. The van der Waals surface area contributed by atoms with Gasteiger partial charge in [0.25, 0.3) is 5.56 Å². The van der Waals surface area contributed by atoms with Crippen molar-refractivity contribution in [1.82, 2.24) is 30.0 Å². The van der Waals surface area contributed by atoms with E-state index in [9.17, 15) is 9.18 Å². The van der Waals surface area contributed by atoms with Gasteiger partial charge in [0.15, 0.2) is 11.5 Å². The lowest BCUT2D eigenvalue weighted by molar-refractivity contribution is 0.355. The quantitative estimate of drug-likeness (QED) is 0.348. The normalized spacial score (nSPS) is 11.1. The fourth-order valence-electron chi connectivity index (χ4n) is 3.28. The molecule has 0 bridgehead atoms. The molecule has 0 saturated heterocycles. The molecule has 0 aliphatic carbocycles. The van der Waals surface area contributed by atoms with Crippen LogP contribution < -0.4 is 15.0 Å². The zero-order valence-electron chi connectivity index (χ0n) is 18.0. The molecular weight excluding hydrogens is 463 g/mol. The Hall–Kier alpha value is -4.19. The number of rotatable bonds is 7. The lowest BCUT2D eigenvalue weighted by atomic mass is 10.1. The summed E-state index contributed by atoms with van der Waals surface area (Å²) in [7, 11) is 3.11. The molecule has 3 aromatic heterocycles. The van der Waals surface area contributed by atoms with Crippen molar-refractivity contribution in [3.63, 3.8) is 0 Å².